The van der Waals surface area contributed by atoms with Crippen molar-refractivity contribution in [2.45, 2.75) is 0 Å². The van der Waals surface area contributed by atoms with Gasteiger partial charge in [0.1, 0.15) is 6.61 Å². The number of aromatic amines is 1. The summed E-state index contributed by atoms with van der Waals surface area (Å²) in [5.74, 6) is -0.375. The van der Waals surface area contributed by atoms with Crippen LogP contribution in [0.4, 0.5) is 0 Å². The zero-order valence-corrected chi connectivity index (χ0v) is 8.19. The quantitative estimate of drug-likeness (QED) is 0.783. The SMILES string of the molecule is COCC(=O)n1c(=O)[nH]c2ccccc21. The van der Waals surface area contributed by atoms with Gasteiger partial charge in [-0.25, -0.2) is 9.36 Å². The number of methoxy groups -OCH3 is 1. The lowest BCUT2D eigenvalue weighted by Gasteiger charge is -1.99. The molecule has 15 heavy (non-hydrogen) atoms. The normalized spacial score (nSPS) is 10.7. The lowest BCUT2D eigenvalue weighted by Crippen LogP contribution is -2.27. The highest BCUT2D eigenvalue weighted by Crippen LogP contribution is 2.08. The van der Waals surface area contributed by atoms with E-state index in [-0.39, 0.29) is 12.5 Å². The fraction of sp³-hybridized carbons (Fsp3) is 0.200. The number of hydrogen-bond donors (Lipinski definition) is 1. The van der Waals surface area contributed by atoms with E-state index >= 15 is 0 Å². The van der Waals surface area contributed by atoms with Crippen molar-refractivity contribution in [1.82, 2.24) is 9.55 Å². The molecule has 5 heteroatoms. The topological polar surface area (TPSA) is 64.1 Å². The maximum Gasteiger partial charge on any atom is 0.333 e. The van der Waals surface area contributed by atoms with Gasteiger partial charge >= 0.3 is 5.69 Å². The van der Waals surface area contributed by atoms with Gasteiger partial charge < -0.3 is 9.72 Å². The molecule has 1 heterocycles. The first-order valence-electron chi connectivity index (χ1n) is 4.46. The molecular formula is C10H10N2O3. The molecule has 2 aromatic rings. The number of hydrogen-bond acceptors (Lipinski definition) is 3. The minimum Gasteiger partial charge on any atom is -0.375 e. The van der Waals surface area contributed by atoms with Crippen molar-refractivity contribution in [2.24, 2.45) is 0 Å². The number of H-pyrrole nitrogens is 1. The zero-order chi connectivity index (χ0) is 10.8. The molecule has 1 N–H and O–H groups in total. The van der Waals surface area contributed by atoms with Gasteiger partial charge in [-0.1, -0.05) is 12.1 Å². The first-order chi connectivity index (χ1) is 7.24. The third-order valence-corrected chi connectivity index (χ3v) is 2.11. The third kappa shape index (κ3) is 1.57. The smallest absolute Gasteiger partial charge is 0.333 e. The summed E-state index contributed by atoms with van der Waals surface area (Å²) in [5, 5.41) is 0. The molecule has 5 nitrogen and oxygen atoms in total. The lowest BCUT2D eigenvalue weighted by atomic mass is 10.3. The number of fused-ring (bicyclic) bond motifs is 1. The monoisotopic (exact) mass is 206 g/mol. The number of nitrogens with zero attached hydrogens (tertiary/aromatic N) is 1. The Bertz CT molecular complexity index is 553. The Morgan fingerprint density at radius 1 is 1.47 bits per heavy atom. The number of imidazole rings is 1. The fourth-order valence-electron chi connectivity index (χ4n) is 1.49. The number of carbonyl (C=O) groups excluding carboxylic acids is 1. The Morgan fingerprint density at radius 3 is 2.93 bits per heavy atom. The highest BCUT2D eigenvalue weighted by molar-refractivity contribution is 5.90. The van der Waals surface area contributed by atoms with Gasteiger partial charge in [0.2, 0.25) is 0 Å². The Kier molecular flexibility index (Phi) is 2.39. The lowest BCUT2D eigenvalue weighted by molar-refractivity contribution is 0.0763. The van der Waals surface area contributed by atoms with Gasteiger partial charge in [-0.2, -0.15) is 0 Å². The summed E-state index contributed by atoms with van der Waals surface area (Å²) >= 11 is 0. The van der Waals surface area contributed by atoms with Crippen molar-refractivity contribution >= 4 is 16.9 Å². The van der Waals surface area contributed by atoms with Gasteiger partial charge in [0, 0.05) is 7.11 Å². The molecule has 0 spiro atoms. The largest absolute Gasteiger partial charge is 0.375 e. The second kappa shape index (κ2) is 3.70. The van der Waals surface area contributed by atoms with Crippen LogP contribution in [0.3, 0.4) is 0 Å². The predicted octanol–water partition coefficient (Wildman–Crippen LogP) is 0.616. The highest BCUT2D eigenvalue weighted by Gasteiger charge is 2.12. The molecule has 1 aromatic heterocycles. The Labute approximate surface area is 85.3 Å². The summed E-state index contributed by atoms with van der Waals surface area (Å²) in [5.41, 5.74) is 0.787. The van der Waals surface area contributed by atoms with Crippen LogP contribution in [0.15, 0.2) is 29.1 Å². The van der Waals surface area contributed by atoms with Gasteiger partial charge in [-0.15, -0.1) is 0 Å². The molecule has 1 aromatic carbocycles. The molecule has 0 fully saturated rings. The molecule has 2 rings (SSSR count). The van der Waals surface area contributed by atoms with Crippen molar-refractivity contribution in [3.8, 4) is 0 Å². The van der Waals surface area contributed by atoms with Crippen LogP contribution in [-0.4, -0.2) is 29.2 Å². The minimum atomic E-state index is -0.432. The van der Waals surface area contributed by atoms with Crippen molar-refractivity contribution in [2.75, 3.05) is 13.7 Å². The third-order valence-electron chi connectivity index (χ3n) is 2.11. The molecular weight excluding hydrogens is 196 g/mol. The predicted molar refractivity (Wildman–Crippen MR) is 55.1 cm³/mol. The van der Waals surface area contributed by atoms with Crippen LogP contribution in [-0.2, 0) is 4.74 Å². The maximum absolute atomic E-state index is 11.6. The van der Waals surface area contributed by atoms with Gasteiger partial charge in [0.05, 0.1) is 11.0 Å². The van der Waals surface area contributed by atoms with Crippen LogP contribution in [0.25, 0.3) is 11.0 Å². The molecule has 0 atom stereocenters. The van der Waals surface area contributed by atoms with Crippen LogP contribution < -0.4 is 5.69 Å². The molecule has 78 valence electrons. The Balaban J connectivity index is 2.64. The number of carbonyl (C=O) groups is 1. The van der Waals surface area contributed by atoms with Crippen molar-refractivity contribution in [1.29, 1.82) is 0 Å². The highest BCUT2D eigenvalue weighted by atomic mass is 16.5. The van der Waals surface area contributed by atoms with Crippen LogP contribution in [0.1, 0.15) is 4.79 Å². The molecule has 0 aliphatic carbocycles. The van der Waals surface area contributed by atoms with E-state index in [1.54, 1.807) is 24.3 Å². The standard InChI is InChI=1S/C10H10N2O3/c1-15-6-9(13)12-8-5-3-2-4-7(8)11-10(12)14/h2-5H,6H2,1H3,(H,11,14). The Morgan fingerprint density at radius 2 is 2.20 bits per heavy atom. The van der Waals surface area contributed by atoms with E-state index in [9.17, 15) is 9.59 Å². The molecule has 0 bridgehead atoms. The minimum absolute atomic E-state index is 0.109. The number of para-hydroxylation sites is 2. The van der Waals surface area contributed by atoms with Crippen molar-refractivity contribution < 1.29 is 9.53 Å². The molecule has 0 aliphatic rings. The van der Waals surface area contributed by atoms with Crippen molar-refractivity contribution in [3.05, 3.63) is 34.7 Å². The summed E-state index contributed by atoms with van der Waals surface area (Å²) < 4.78 is 5.79. The summed E-state index contributed by atoms with van der Waals surface area (Å²) in [7, 11) is 1.41. The van der Waals surface area contributed by atoms with E-state index in [1.807, 2.05) is 0 Å². The molecule has 0 saturated heterocycles. The van der Waals surface area contributed by atoms with Crippen molar-refractivity contribution in [3.63, 3.8) is 0 Å². The Hall–Kier alpha value is -1.88. The second-order valence-electron chi connectivity index (χ2n) is 3.11. The van der Waals surface area contributed by atoms with Gasteiger partial charge in [-0.3, -0.25) is 4.79 Å². The van der Waals surface area contributed by atoms with Crippen LogP contribution in [0.5, 0.6) is 0 Å². The molecule has 0 aliphatic heterocycles. The van der Waals surface area contributed by atoms with E-state index in [4.69, 9.17) is 4.74 Å². The van der Waals surface area contributed by atoms with E-state index in [2.05, 4.69) is 4.98 Å². The summed E-state index contributed by atoms with van der Waals surface area (Å²) in [6, 6.07) is 7.02. The molecule has 0 amide bonds. The number of ether oxygens (including phenoxy) is 1. The summed E-state index contributed by atoms with van der Waals surface area (Å²) in [6.45, 7) is -0.109. The number of rotatable bonds is 2. The number of aromatic nitrogens is 2. The van der Waals surface area contributed by atoms with E-state index < -0.39 is 5.69 Å². The molecule has 0 saturated carbocycles. The molecule has 0 radical (unpaired) electrons. The summed E-state index contributed by atoms with van der Waals surface area (Å²) in [4.78, 5) is 25.6. The van der Waals surface area contributed by atoms with Gasteiger partial charge in [-0.05, 0) is 12.1 Å². The number of nitrogens with one attached hydrogen (secondary N) is 1. The summed E-state index contributed by atoms with van der Waals surface area (Å²) in [6.07, 6.45) is 0. The maximum atomic E-state index is 11.6. The van der Waals surface area contributed by atoms with Gasteiger partial charge in [0.15, 0.2) is 0 Å². The average molecular weight is 206 g/mol. The fourth-order valence-corrected chi connectivity index (χ4v) is 1.49. The van der Waals surface area contributed by atoms with E-state index in [0.29, 0.717) is 11.0 Å². The van der Waals surface area contributed by atoms with Crippen LogP contribution in [0, 0.1) is 0 Å². The zero-order valence-electron chi connectivity index (χ0n) is 8.19. The van der Waals surface area contributed by atoms with Crippen LogP contribution in [0.2, 0.25) is 0 Å². The first kappa shape index (κ1) is 9.67. The molecule has 0 unspecified atom stereocenters. The second-order valence-corrected chi connectivity index (χ2v) is 3.11. The van der Waals surface area contributed by atoms with Gasteiger partial charge in [0.25, 0.3) is 5.91 Å². The number of benzene rings is 1. The van der Waals surface area contributed by atoms with Crippen LogP contribution >= 0.6 is 0 Å². The van der Waals surface area contributed by atoms with E-state index in [0.717, 1.165) is 4.57 Å². The van der Waals surface area contributed by atoms with E-state index in [1.165, 1.54) is 7.11 Å². The average Bonchev–Trinajstić information content (AvgIpc) is 2.54. The first-order valence-corrected chi connectivity index (χ1v) is 4.46.